The molecule has 0 unspecified atom stereocenters. The van der Waals surface area contributed by atoms with E-state index in [-0.39, 0.29) is 0 Å². The number of benzene rings is 1. The van der Waals surface area contributed by atoms with Crippen molar-refractivity contribution in [3.63, 3.8) is 0 Å². The highest BCUT2D eigenvalue weighted by Crippen LogP contribution is 2.19. The Morgan fingerprint density at radius 1 is 1.25 bits per heavy atom. The van der Waals surface area contributed by atoms with Gasteiger partial charge in [-0.15, -0.1) is 0 Å². The van der Waals surface area contributed by atoms with Crippen LogP contribution in [0.15, 0.2) is 36.5 Å². The molecule has 0 spiro atoms. The monoisotopic (exact) mass is 285 g/mol. The van der Waals surface area contributed by atoms with Crippen LogP contribution >= 0.6 is 0 Å². The van der Waals surface area contributed by atoms with Gasteiger partial charge in [-0.1, -0.05) is 12.1 Å². The summed E-state index contributed by atoms with van der Waals surface area (Å²) in [4.78, 5) is 11.1. The quantitative estimate of drug-likeness (QED) is 0.910. The number of anilines is 1. The number of nitrogens with zero attached hydrogens (tertiary/aromatic N) is 1. The number of H-pyrrole nitrogens is 1. The number of halogens is 3. The second-order valence-electron chi connectivity index (χ2n) is 3.86. The topological polar surface area (TPSA) is 67.0 Å². The van der Waals surface area contributed by atoms with Crippen molar-refractivity contribution in [2.75, 3.05) is 11.9 Å². The minimum Gasteiger partial charge on any atom is -0.440 e. The third kappa shape index (κ3) is 4.01. The summed E-state index contributed by atoms with van der Waals surface area (Å²) in [7, 11) is 0. The first-order valence-electron chi connectivity index (χ1n) is 5.54. The number of alkyl halides is 3. The van der Waals surface area contributed by atoms with Crippen molar-refractivity contribution in [1.82, 2.24) is 10.2 Å². The van der Waals surface area contributed by atoms with E-state index in [9.17, 15) is 18.0 Å². The van der Waals surface area contributed by atoms with Crippen molar-refractivity contribution < 1.29 is 22.7 Å². The van der Waals surface area contributed by atoms with Crippen molar-refractivity contribution in [3.8, 4) is 11.3 Å². The molecule has 0 saturated carbocycles. The normalized spacial score (nSPS) is 11.2. The number of carbonyl (C=O) groups is 1. The van der Waals surface area contributed by atoms with Gasteiger partial charge in [0.2, 0.25) is 0 Å². The first-order valence-corrected chi connectivity index (χ1v) is 5.54. The summed E-state index contributed by atoms with van der Waals surface area (Å²) in [6.07, 6.45) is -4.10. The second kappa shape index (κ2) is 5.64. The molecule has 0 radical (unpaired) electrons. The van der Waals surface area contributed by atoms with Gasteiger partial charge >= 0.3 is 12.3 Å². The number of aromatic nitrogens is 2. The van der Waals surface area contributed by atoms with Crippen molar-refractivity contribution in [1.29, 1.82) is 0 Å². The first-order chi connectivity index (χ1) is 9.44. The number of amides is 1. The zero-order chi connectivity index (χ0) is 14.6. The first kappa shape index (κ1) is 13.9. The fourth-order valence-electron chi connectivity index (χ4n) is 1.45. The molecule has 5 nitrogen and oxygen atoms in total. The summed E-state index contributed by atoms with van der Waals surface area (Å²) in [5, 5.41) is 8.76. The standard InChI is InChI=1S/C12H10F3N3O2/c13-12(14,15)7-20-11(19)17-9-3-1-8(2-4-9)10-5-6-16-18-10/h1-6H,7H2,(H,16,18)(H,17,19). The van der Waals surface area contributed by atoms with Crippen molar-refractivity contribution in [2.45, 2.75) is 6.18 Å². The molecule has 8 heteroatoms. The van der Waals surface area contributed by atoms with E-state index in [1.54, 1.807) is 36.5 Å². The smallest absolute Gasteiger partial charge is 0.422 e. The minimum atomic E-state index is -4.54. The van der Waals surface area contributed by atoms with Crippen LogP contribution in [0.25, 0.3) is 11.3 Å². The molecule has 20 heavy (non-hydrogen) atoms. The number of nitrogens with one attached hydrogen (secondary N) is 2. The number of aromatic amines is 1. The van der Waals surface area contributed by atoms with E-state index in [2.05, 4.69) is 20.3 Å². The highest BCUT2D eigenvalue weighted by molar-refractivity contribution is 5.85. The number of rotatable bonds is 3. The average Bonchev–Trinajstić information content (AvgIpc) is 2.90. The molecule has 0 aliphatic rings. The second-order valence-corrected chi connectivity index (χ2v) is 3.86. The molecule has 2 N–H and O–H groups in total. The zero-order valence-corrected chi connectivity index (χ0v) is 10.1. The van der Waals surface area contributed by atoms with Crippen LogP contribution in [0.4, 0.5) is 23.7 Å². The SMILES string of the molecule is O=C(Nc1ccc(-c2ccn[nH]2)cc1)OCC(F)(F)F. The molecular formula is C12H10F3N3O2. The average molecular weight is 285 g/mol. The Balaban J connectivity index is 1.92. The van der Waals surface area contributed by atoms with Crippen LogP contribution in [0.1, 0.15) is 0 Å². The van der Waals surface area contributed by atoms with Crippen LogP contribution in [-0.2, 0) is 4.74 Å². The van der Waals surface area contributed by atoms with E-state index in [0.29, 0.717) is 5.69 Å². The molecule has 0 aliphatic heterocycles. The van der Waals surface area contributed by atoms with E-state index in [1.165, 1.54) is 0 Å². The van der Waals surface area contributed by atoms with Crippen LogP contribution < -0.4 is 5.32 Å². The van der Waals surface area contributed by atoms with E-state index >= 15 is 0 Å². The zero-order valence-electron chi connectivity index (χ0n) is 10.1. The van der Waals surface area contributed by atoms with Gasteiger partial charge in [-0.05, 0) is 23.8 Å². The summed E-state index contributed by atoms with van der Waals surface area (Å²) in [5.41, 5.74) is 1.95. The maximum Gasteiger partial charge on any atom is 0.422 e. The van der Waals surface area contributed by atoms with Crippen LogP contribution in [0, 0.1) is 0 Å². The molecule has 1 amide bonds. The fourth-order valence-corrected chi connectivity index (χ4v) is 1.45. The summed E-state index contributed by atoms with van der Waals surface area (Å²) in [6.45, 7) is -1.62. The van der Waals surface area contributed by atoms with Crippen molar-refractivity contribution >= 4 is 11.8 Å². The lowest BCUT2D eigenvalue weighted by Crippen LogP contribution is -2.23. The Morgan fingerprint density at radius 2 is 1.95 bits per heavy atom. The summed E-state index contributed by atoms with van der Waals surface area (Å²) in [6, 6.07) is 8.23. The molecule has 0 saturated heterocycles. The van der Waals surface area contributed by atoms with Gasteiger partial charge in [0, 0.05) is 11.9 Å². The molecule has 1 aromatic carbocycles. The maximum absolute atomic E-state index is 11.9. The number of hydrogen-bond donors (Lipinski definition) is 2. The highest BCUT2D eigenvalue weighted by Gasteiger charge is 2.29. The molecule has 0 aliphatic carbocycles. The molecule has 0 fully saturated rings. The van der Waals surface area contributed by atoms with Crippen LogP contribution in [0.2, 0.25) is 0 Å². The Hall–Kier alpha value is -2.51. The van der Waals surface area contributed by atoms with Crippen molar-refractivity contribution in [2.24, 2.45) is 0 Å². The van der Waals surface area contributed by atoms with Gasteiger partial charge in [0.05, 0.1) is 5.69 Å². The highest BCUT2D eigenvalue weighted by atomic mass is 19.4. The number of ether oxygens (including phenoxy) is 1. The summed E-state index contributed by atoms with van der Waals surface area (Å²) >= 11 is 0. The van der Waals surface area contributed by atoms with Gasteiger partial charge in [0.1, 0.15) is 0 Å². The third-order valence-electron chi connectivity index (χ3n) is 2.31. The molecular weight excluding hydrogens is 275 g/mol. The Bertz CT molecular complexity index is 565. The molecule has 0 bridgehead atoms. The molecule has 0 atom stereocenters. The largest absolute Gasteiger partial charge is 0.440 e. The summed E-state index contributed by atoms with van der Waals surface area (Å²) < 4.78 is 39.6. The molecule has 2 rings (SSSR count). The van der Waals surface area contributed by atoms with Crippen LogP contribution in [0.5, 0.6) is 0 Å². The predicted molar refractivity (Wildman–Crippen MR) is 65.0 cm³/mol. The lowest BCUT2D eigenvalue weighted by molar-refractivity contribution is -0.159. The molecule has 106 valence electrons. The maximum atomic E-state index is 11.9. The van der Waals surface area contributed by atoms with E-state index in [0.717, 1.165) is 11.3 Å². The van der Waals surface area contributed by atoms with E-state index < -0.39 is 18.9 Å². The molecule has 2 aromatic rings. The summed E-state index contributed by atoms with van der Waals surface area (Å²) in [5.74, 6) is 0. The van der Waals surface area contributed by atoms with Gasteiger partial charge in [0.25, 0.3) is 0 Å². The van der Waals surface area contributed by atoms with Gasteiger partial charge in [-0.25, -0.2) is 4.79 Å². The molecule has 1 aromatic heterocycles. The van der Waals surface area contributed by atoms with Crippen LogP contribution in [0.3, 0.4) is 0 Å². The van der Waals surface area contributed by atoms with Gasteiger partial charge in [-0.2, -0.15) is 18.3 Å². The van der Waals surface area contributed by atoms with Crippen LogP contribution in [-0.4, -0.2) is 29.1 Å². The number of hydrogen-bond acceptors (Lipinski definition) is 3. The van der Waals surface area contributed by atoms with Gasteiger partial charge in [-0.3, -0.25) is 10.4 Å². The lowest BCUT2D eigenvalue weighted by Gasteiger charge is -2.09. The van der Waals surface area contributed by atoms with E-state index in [4.69, 9.17) is 0 Å². The van der Waals surface area contributed by atoms with Crippen molar-refractivity contribution in [3.05, 3.63) is 36.5 Å². The Morgan fingerprint density at radius 3 is 2.50 bits per heavy atom. The van der Waals surface area contributed by atoms with Gasteiger partial charge in [0.15, 0.2) is 6.61 Å². The third-order valence-corrected chi connectivity index (χ3v) is 2.31. The Labute approximate surface area is 111 Å². The fraction of sp³-hybridized carbons (Fsp3) is 0.167. The molecule has 1 heterocycles. The number of carbonyl (C=O) groups excluding carboxylic acids is 1. The lowest BCUT2D eigenvalue weighted by atomic mass is 10.1. The van der Waals surface area contributed by atoms with Gasteiger partial charge < -0.3 is 4.74 Å². The van der Waals surface area contributed by atoms with E-state index in [1.807, 2.05) is 0 Å². The predicted octanol–water partition coefficient (Wildman–Crippen LogP) is 3.19. The minimum absolute atomic E-state index is 0.334. The Kier molecular flexibility index (Phi) is 3.92.